The molecule has 39 heavy (non-hydrogen) atoms. The Bertz CT molecular complexity index is 1370. The molecular formula is C23H15F9N4O2S. The SMILES string of the molecule is N#Cc1ncc(N2C(=O)C3(CCC3)N(c3ccc(OCCC(F)(F)C(F)(F)F)c(F)c3)C2=S)cc1C(F)(F)F. The Morgan fingerprint density at radius 1 is 1.08 bits per heavy atom. The zero-order valence-electron chi connectivity index (χ0n) is 19.3. The summed E-state index contributed by atoms with van der Waals surface area (Å²) in [6.45, 7) is -1.16. The van der Waals surface area contributed by atoms with Crippen molar-refractivity contribution in [3.63, 3.8) is 0 Å². The van der Waals surface area contributed by atoms with Crippen LogP contribution in [0.3, 0.4) is 0 Å². The lowest BCUT2D eigenvalue weighted by Crippen LogP contribution is -2.55. The molecule has 2 aromatic rings. The minimum Gasteiger partial charge on any atom is -0.490 e. The standard InChI is InChI=1S/C23H15F9N4O2S/c24-15-9-12(2-3-17(15)38-7-6-21(25,26)23(30,31)32)36-19(39)35(18(37)20(36)4-1-5-20)13-8-14(22(27,28)29)16(10-33)34-11-13/h2-3,8-9,11H,1,4-7H2. The van der Waals surface area contributed by atoms with E-state index in [1.165, 1.54) is 17.0 Å². The Kier molecular flexibility index (Phi) is 6.95. The van der Waals surface area contributed by atoms with Crippen LogP contribution in [0.1, 0.15) is 36.9 Å². The smallest absolute Gasteiger partial charge is 0.453 e. The van der Waals surface area contributed by atoms with E-state index in [9.17, 15) is 44.3 Å². The van der Waals surface area contributed by atoms with Gasteiger partial charge in [-0.2, -0.15) is 40.4 Å². The Balaban J connectivity index is 1.63. The van der Waals surface area contributed by atoms with Crippen LogP contribution in [0.5, 0.6) is 5.75 Å². The van der Waals surface area contributed by atoms with E-state index in [0.717, 1.165) is 23.2 Å². The first-order chi connectivity index (χ1) is 18.0. The van der Waals surface area contributed by atoms with Gasteiger partial charge in [0.1, 0.15) is 11.6 Å². The maximum absolute atomic E-state index is 14.8. The van der Waals surface area contributed by atoms with E-state index < -0.39 is 65.6 Å². The van der Waals surface area contributed by atoms with Crippen molar-refractivity contribution >= 4 is 34.6 Å². The molecule has 2 fully saturated rings. The number of hydrogen-bond acceptors (Lipinski definition) is 5. The largest absolute Gasteiger partial charge is 0.490 e. The topological polar surface area (TPSA) is 69.5 Å². The number of benzene rings is 1. The second-order valence-electron chi connectivity index (χ2n) is 8.76. The van der Waals surface area contributed by atoms with E-state index in [4.69, 9.17) is 22.2 Å². The lowest BCUT2D eigenvalue weighted by molar-refractivity contribution is -0.285. The van der Waals surface area contributed by atoms with E-state index in [1.54, 1.807) is 0 Å². The van der Waals surface area contributed by atoms with Crippen molar-refractivity contribution < 1.29 is 49.0 Å². The van der Waals surface area contributed by atoms with Crippen molar-refractivity contribution in [3.05, 3.63) is 47.5 Å². The molecule has 6 nitrogen and oxygen atoms in total. The van der Waals surface area contributed by atoms with Crippen LogP contribution >= 0.6 is 12.2 Å². The van der Waals surface area contributed by atoms with E-state index in [0.29, 0.717) is 12.5 Å². The van der Waals surface area contributed by atoms with Gasteiger partial charge in [-0.3, -0.25) is 9.69 Å². The number of aromatic nitrogens is 1. The van der Waals surface area contributed by atoms with Crippen molar-refractivity contribution in [2.45, 2.75) is 49.5 Å². The van der Waals surface area contributed by atoms with Crippen molar-refractivity contribution in [2.24, 2.45) is 0 Å². The van der Waals surface area contributed by atoms with Gasteiger partial charge in [-0.05, 0) is 49.7 Å². The molecule has 1 aromatic carbocycles. The summed E-state index contributed by atoms with van der Waals surface area (Å²) in [4.78, 5) is 19.0. The van der Waals surface area contributed by atoms with Gasteiger partial charge < -0.3 is 9.64 Å². The van der Waals surface area contributed by atoms with E-state index >= 15 is 0 Å². The molecule has 1 aliphatic heterocycles. The van der Waals surface area contributed by atoms with Crippen molar-refractivity contribution in [3.8, 4) is 11.8 Å². The highest BCUT2D eigenvalue weighted by molar-refractivity contribution is 7.81. The van der Waals surface area contributed by atoms with E-state index in [2.05, 4.69) is 4.98 Å². The van der Waals surface area contributed by atoms with Gasteiger partial charge in [-0.15, -0.1) is 0 Å². The van der Waals surface area contributed by atoms with Crippen molar-refractivity contribution in [1.82, 2.24) is 4.98 Å². The number of amides is 1. The molecule has 1 aliphatic carbocycles. The molecule has 2 heterocycles. The second kappa shape index (κ2) is 9.54. The minimum atomic E-state index is -5.80. The van der Waals surface area contributed by atoms with Gasteiger partial charge in [-0.25, -0.2) is 9.37 Å². The van der Waals surface area contributed by atoms with Crippen molar-refractivity contribution in [1.29, 1.82) is 5.26 Å². The average Bonchev–Trinajstić information content (AvgIpc) is 3.05. The highest BCUT2D eigenvalue weighted by atomic mass is 32.1. The fourth-order valence-corrected chi connectivity index (χ4v) is 4.73. The maximum Gasteiger partial charge on any atom is 0.453 e. The van der Waals surface area contributed by atoms with Gasteiger partial charge in [-0.1, -0.05) is 0 Å². The van der Waals surface area contributed by atoms with Crippen LogP contribution in [0.2, 0.25) is 0 Å². The summed E-state index contributed by atoms with van der Waals surface area (Å²) in [5, 5.41) is 8.67. The first-order valence-corrected chi connectivity index (χ1v) is 11.5. The number of pyridine rings is 1. The molecule has 1 saturated carbocycles. The predicted octanol–water partition coefficient (Wildman–Crippen LogP) is 6.14. The van der Waals surface area contributed by atoms with E-state index in [-0.39, 0.29) is 29.3 Å². The summed E-state index contributed by atoms with van der Waals surface area (Å²) in [5.41, 5.74) is -4.05. The Morgan fingerprint density at radius 2 is 1.74 bits per heavy atom. The van der Waals surface area contributed by atoms with Crippen LogP contribution in [0.15, 0.2) is 30.5 Å². The number of carbonyl (C=O) groups is 1. The predicted molar refractivity (Wildman–Crippen MR) is 121 cm³/mol. The molecule has 0 N–H and O–H groups in total. The zero-order valence-corrected chi connectivity index (χ0v) is 20.2. The molecule has 0 radical (unpaired) electrons. The Labute approximate surface area is 219 Å². The van der Waals surface area contributed by atoms with Crippen LogP contribution < -0.4 is 14.5 Å². The highest BCUT2D eigenvalue weighted by Gasteiger charge is 2.60. The van der Waals surface area contributed by atoms with E-state index in [1.807, 2.05) is 0 Å². The molecule has 208 valence electrons. The summed E-state index contributed by atoms with van der Waals surface area (Å²) in [5.74, 6) is -7.55. The third-order valence-corrected chi connectivity index (χ3v) is 6.76. The quantitative estimate of drug-likeness (QED) is 0.301. The molecule has 1 saturated heterocycles. The molecule has 1 spiro atoms. The summed E-state index contributed by atoms with van der Waals surface area (Å²) in [6.07, 6.45) is -10.7. The van der Waals surface area contributed by atoms with Gasteiger partial charge in [0.25, 0.3) is 5.91 Å². The van der Waals surface area contributed by atoms with Gasteiger partial charge in [0, 0.05) is 11.8 Å². The lowest BCUT2D eigenvalue weighted by atomic mass is 9.75. The zero-order chi connectivity index (χ0) is 29.0. The van der Waals surface area contributed by atoms with Gasteiger partial charge in [0.15, 0.2) is 22.4 Å². The number of ether oxygens (including phenoxy) is 1. The summed E-state index contributed by atoms with van der Waals surface area (Å²) >= 11 is 5.39. The number of nitrogens with zero attached hydrogens (tertiary/aromatic N) is 4. The molecule has 0 bridgehead atoms. The number of anilines is 2. The summed E-state index contributed by atoms with van der Waals surface area (Å²) in [6, 6.07) is 4.83. The Morgan fingerprint density at radius 3 is 2.26 bits per heavy atom. The number of thiocarbonyl (C=S) groups is 1. The fraction of sp³-hybridized carbons (Fsp3) is 0.391. The number of nitriles is 1. The van der Waals surface area contributed by atoms with Crippen LogP contribution in [0.4, 0.5) is 50.9 Å². The monoisotopic (exact) mass is 582 g/mol. The molecule has 1 aromatic heterocycles. The lowest BCUT2D eigenvalue weighted by Gasteiger charge is -2.43. The van der Waals surface area contributed by atoms with Crippen LogP contribution in [-0.2, 0) is 11.0 Å². The van der Waals surface area contributed by atoms with Crippen LogP contribution in [0.25, 0.3) is 0 Å². The summed E-state index contributed by atoms with van der Waals surface area (Å²) < 4.78 is 123. The summed E-state index contributed by atoms with van der Waals surface area (Å²) in [7, 11) is 0. The second-order valence-corrected chi connectivity index (χ2v) is 9.12. The molecule has 4 rings (SSSR count). The molecule has 1 amide bonds. The Hall–Kier alpha value is -3.61. The highest BCUT2D eigenvalue weighted by Crippen LogP contribution is 2.48. The van der Waals surface area contributed by atoms with Gasteiger partial charge >= 0.3 is 18.3 Å². The number of halogens is 9. The van der Waals surface area contributed by atoms with Gasteiger partial charge in [0.05, 0.1) is 30.5 Å². The number of alkyl halides is 8. The molecular weight excluding hydrogens is 567 g/mol. The third kappa shape index (κ3) is 4.83. The first-order valence-electron chi connectivity index (χ1n) is 11.1. The average molecular weight is 582 g/mol. The number of rotatable bonds is 6. The molecule has 0 unspecified atom stereocenters. The minimum absolute atomic E-state index is 0.0290. The number of carbonyl (C=O) groups excluding carboxylic acids is 1. The van der Waals surface area contributed by atoms with Gasteiger partial charge in [0.2, 0.25) is 0 Å². The normalized spacial score (nSPS) is 17.4. The molecule has 2 aliphatic rings. The van der Waals surface area contributed by atoms with Crippen LogP contribution in [-0.4, -0.2) is 40.2 Å². The molecule has 0 atom stereocenters. The number of hydrogen-bond donors (Lipinski definition) is 0. The first kappa shape index (κ1) is 28.4. The maximum atomic E-state index is 14.8. The third-order valence-electron chi connectivity index (χ3n) is 6.40. The fourth-order valence-electron chi connectivity index (χ4n) is 4.27. The van der Waals surface area contributed by atoms with Crippen LogP contribution in [0, 0.1) is 17.1 Å². The molecule has 16 heteroatoms. The van der Waals surface area contributed by atoms with Crippen molar-refractivity contribution in [2.75, 3.05) is 16.4 Å².